The van der Waals surface area contributed by atoms with Crippen LogP contribution in [0.25, 0.3) is 0 Å². The molecular formula is C18H26N2O. The number of hydrogen-bond acceptors (Lipinski definition) is 2. The highest BCUT2D eigenvalue weighted by atomic mass is 16.2. The minimum atomic E-state index is -0.0332. The fraction of sp³-hybridized carbons (Fsp3) is 0.611. The molecule has 1 aromatic carbocycles. The summed E-state index contributed by atoms with van der Waals surface area (Å²) in [5.41, 5.74) is 2.46. The third-order valence-corrected chi connectivity index (χ3v) is 5.17. The number of nitrogens with one attached hydrogen (secondary N) is 1. The van der Waals surface area contributed by atoms with Gasteiger partial charge in [-0.25, -0.2) is 0 Å². The standard InChI is InChI=1S/C18H26N2O/c1-5-12(3)16-18(21)20(15-10-13(15)4)17(19-16)14-8-6-11(2)7-9-14/h6-9,12-13,15-17,19H,5,10H2,1-4H3. The highest BCUT2D eigenvalue weighted by Crippen LogP contribution is 2.42. The average Bonchev–Trinajstić information content (AvgIpc) is 3.09. The predicted octanol–water partition coefficient (Wildman–Crippen LogP) is 3.25. The summed E-state index contributed by atoms with van der Waals surface area (Å²) in [5, 5.41) is 3.60. The molecule has 3 heteroatoms. The zero-order valence-corrected chi connectivity index (χ0v) is 13.5. The van der Waals surface area contributed by atoms with Gasteiger partial charge in [-0.2, -0.15) is 0 Å². The maximum atomic E-state index is 12.8. The summed E-state index contributed by atoms with van der Waals surface area (Å²) in [6, 6.07) is 8.96. The van der Waals surface area contributed by atoms with Gasteiger partial charge < -0.3 is 4.90 Å². The number of amides is 1. The van der Waals surface area contributed by atoms with Gasteiger partial charge in [0.25, 0.3) is 0 Å². The van der Waals surface area contributed by atoms with Crippen molar-refractivity contribution in [2.24, 2.45) is 11.8 Å². The molecule has 2 fully saturated rings. The van der Waals surface area contributed by atoms with Crippen molar-refractivity contribution in [3.8, 4) is 0 Å². The maximum absolute atomic E-state index is 12.8. The van der Waals surface area contributed by atoms with Gasteiger partial charge in [-0.1, -0.05) is 57.0 Å². The largest absolute Gasteiger partial charge is 0.318 e. The first-order valence-electron chi connectivity index (χ1n) is 8.17. The first-order valence-corrected chi connectivity index (χ1v) is 8.17. The summed E-state index contributed by atoms with van der Waals surface area (Å²) in [4.78, 5) is 15.0. The van der Waals surface area contributed by atoms with Crippen LogP contribution in [0.1, 0.15) is 50.9 Å². The molecule has 21 heavy (non-hydrogen) atoms. The average molecular weight is 286 g/mol. The summed E-state index contributed by atoms with van der Waals surface area (Å²) >= 11 is 0. The van der Waals surface area contributed by atoms with Crippen LogP contribution in [0.15, 0.2) is 24.3 Å². The lowest BCUT2D eigenvalue weighted by atomic mass is 9.99. The number of benzene rings is 1. The fourth-order valence-electron chi connectivity index (χ4n) is 3.30. The highest BCUT2D eigenvalue weighted by Gasteiger charge is 2.51. The van der Waals surface area contributed by atoms with Crippen molar-refractivity contribution in [1.82, 2.24) is 10.2 Å². The lowest BCUT2D eigenvalue weighted by molar-refractivity contribution is -0.131. The Kier molecular flexibility index (Phi) is 3.78. The van der Waals surface area contributed by atoms with Crippen molar-refractivity contribution in [2.75, 3.05) is 0 Å². The Morgan fingerprint density at radius 2 is 1.95 bits per heavy atom. The third-order valence-electron chi connectivity index (χ3n) is 5.17. The monoisotopic (exact) mass is 286 g/mol. The van der Waals surface area contributed by atoms with E-state index in [1.807, 2.05) is 0 Å². The highest BCUT2D eigenvalue weighted by molar-refractivity contribution is 5.85. The van der Waals surface area contributed by atoms with Gasteiger partial charge in [0.05, 0.1) is 6.04 Å². The van der Waals surface area contributed by atoms with Crippen LogP contribution in [0.3, 0.4) is 0 Å². The topological polar surface area (TPSA) is 32.3 Å². The summed E-state index contributed by atoms with van der Waals surface area (Å²) < 4.78 is 0. The lowest BCUT2D eigenvalue weighted by Gasteiger charge is -2.25. The minimum absolute atomic E-state index is 0.0332. The summed E-state index contributed by atoms with van der Waals surface area (Å²) in [6.07, 6.45) is 2.22. The molecule has 1 aliphatic heterocycles. The van der Waals surface area contributed by atoms with Crippen LogP contribution in [-0.4, -0.2) is 22.9 Å². The van der Waals surface area contributed by atoms with Crippen LogP contribution in [0, 0.1) is 18.8 Å². The molecule has 2 aliphatic rings. The molecule has 0 aromatic heterocycles. The van der Waals surface area contributed by atoms with E-state index >= 15 is 0 Å². The van der Waals surface area contributed by atoms with E-state index in [1.165, 1.54) is 11.1 Å². The number of carbonyl (C=O) groups excluding carboxylic acids is 1. The fourth-order valence-corrected chi connectivity index (χ4v) is 3.30. The van der Waals surface area contributed by atoms with Crippen molar-refractivity contribution in [3.05, 3.63) is 35.4 Å². The van der Waals surface area contributed by atoms with Crippen molar-refractivity contribution >= 4 is 5.91 Å². The van der Waals surface area contributed by atoms with E-state index in [-0.39, 0.29) is 12.2 Å². The third kappa shape index (κ3) is 2.59. The van der Waals surface area contributed by atoms with Gasteiger partial charge >= 0.3 is 0 Å². The molecule has 5 atom stereocenters. The Morgan fingerprint density at radius 1 is 1.33 bits per heavy atom. The normalized spacial score (nSPS) is 33.3. The summed E-state index contributed by atoms with van der Waals surface area (Å²) in [5.74, 6) is 1.31. The molecule has 1 saturated heterocycles. The Bertz CT molecular complexity index is 525. The van der Waals surface area contributed by atoms with Crippen LogP contribution >= 0.6 is 0 Å². The van der Waals surface area contributed by atoms with E-state index in [0.717, 1.165) is 12.8 Å². The maximum Gasteiger partial charge on any atom is 0.241 e. The van der Waals surface area contributed by atoms with Gasteiger partial charge in [0.2, 0.25) is 5.91 Å². The second kappa shape index (κ2) is 5.45. The molecule has 1 saturated carbocycles. The Morgan fingerprint density at radius 3 is 2.48 bits per heavy atom. The molecule has 1 heterocycles. The van der Waals surface area contributed by atoms with Gasteiger partial charge in [-0.15, -0.1) is 0 Å². The molecule has 0 radical (unpaired) electrons. The zero-order chi connectivity index (χ0) is 15.1. The first-order chi connectivity index (χ1) is 10.0. The van der Waals surface area contributed by atoms with Gasteiger partial charge in [-0.3, -0.25) is 10.1 Å². The van der Waals surface area contributed by atoms with E-state index < -0.39 is 0 Å². The summed E-state index contributed by atoms with van der Waals surface area (Å²) in [7, 11) is 0. The molecule has 1 amide bonds. The van der Waals surface area contributed by atoms with Crippen LogP contribution in [0.5, 0.6) is 0 Å². The van der Waals surface area contributed by atoms with Gasteiger partial charge in [0.1, 0.15) is 6.17 Å². The molecule has 3 nitrogen and oxygen atoms in total. The van der Waals surface area contributed by atoms with E-state index in [2.05, 4.69) is 62.2 Å². The van der Waals surface area contributed by atoms with Crippen molar-refractivity contribution in [2.45, 2.75) is 58.8 Å². The van der Waals surface area contributed by atoms with Gasteiger partial charge in [0.15, 0.2) is 0 Å². The number of rotatable bonds is 4. The van der Waals surface area contributed by atoms with E-state index in [0.29, 0.717) is 23.8 Å². The SMILES string of the molecule is CCC(C)C1NC(c2ccc(C)cc2)N(C2CC2C)C1=O. The minimum Gasteiger partial charge on any atom is -0.318 e. The lowest BCUT2D eigenvalue weighted by Crippen LogP contribution is -2.36. The van der Waals surface area contributed by atoms with Crippen LogP contribution < -0.4 is 5.32 Å². The van der Waals surface area contributed by atoms with Crippen molar-refractivity contribution in [1.29, 1.82) is 0 Å². The van der Waals surface area contributed by atoms with Gasteiger partial charge in [-0.05, 0) is 30.7 Å². The van der Waals surface area contributed by atoms with Crippen molar-refractivity contribution in [3.63, 3.8) is 0 Å². The number of hydrogen-bond donors (Lipinski definition) is 1. The zero-order valence-electron chi connectivity index (χ0n) is 13.5. The molecule has 0 bridgehead atoms. The molecular weight excluding hydrogens is 260 g/mol. The first kappa shape index (κ1) is 14.6. The molecule has 114 valence electrons. The van der Waals surface area contributed by atoms with Crippen LogP contribution in [0.2, 0.25) is 0 Å². The molecule has 1 N–H and O–H groups in total. The Labute approximate surface area is 127 Å². The molecule has 5 unspecified atom stereocenters. The number of aryl methyl sites for hydroxylation is 1. The predicted molar refractivity (Wildman–Crippen MR) is 84.7 cm³/mol. The second-order valence-electron chi connectivity index (χ2n) is 6.87. The molecule has 3 rings (SSSR count). The van der Waals surface area contributed by atoms with Crippen LogP contribution in [-0.2, 0) is 4.79 Å². The van der Waals surface area contributed by atoms with E-state index in [9.17, 15) is 4.79 Å². The quantitative estimate of drug-likeness (QED) is 0.921. The molecule has 1 aliphatic carbocycles. The van der Waals surface area contributed by atoms with Gasteiger partial charge in [0, 0.05) is 6.04 Å². The molecule has 1 aromatic rings. The number of carbonyl (C=O) groups is 1. The van der Waals surface area contributed by atoms with E-state index in [1.54, 1.807) is 0 Å². The Hall–Kier alpha value is -1.35. The summed E-state index contributed by atoms with van der Waals surface area (Å²) in [6.45, 7) is 8.66. The number of nitrogens with zero attached hydrogens (tertiary/aromatic N) is 1. The van der Waals surface area contributed by atoms with E-state index in [4.69, 9.17) is 0 Å². The smallest absolute Gasteiger partial charge is 0.241 e. The van der Waals surface area contributed by atoms with Crippen LogP contribution in [0.4, 0.5) is 0 Å². The van der Waals surface area contributed by atoms with Crippen molar-refractivity contribution < 1.29 is 4.79 Å². The molecule has 0 spiro atoms. The second-order valence-corrected chi connectivity index (χ2v) is 6.87. The Balaban J connectivity index is 1.89.